The van der Waals surface area contributed by atoms with Crippen molar-refractivity contribution in [3.05, 3.63) is 123 Å². The van der Waals surface area contributed by atoms with Crippen LogP contribution in [-0.4, -0.2) is 118 Å². The third-order valence-corrected chi connectivity index (χ3v) is 16.5. The van der Waals surface area contributed by atoms with Gasteiger partial charge in [0.2, 0.25) is 23.6 Å². The van der Waals surface area contributed by atoms with E-state index in [-0.39, 0.29) is 72.6 Å². The largest absolute Gasteiger partial charge is 0.391 e. The van der Waals surface area contributed by atoms with Gasteiger partial charge in [-0.15, -0.1) is 11.3 Å². The van der Waals surface area contributed by atoms with Gasteiger partial charge < -0.3 is 36.0 Å². The summed E-state index contributed by atoms with van der Waals surface area (Å²) in [4.78, 5) is 81.4. The summed E-state index contributed by atoms with van der Waals surface area (Å²) >= 11 is 1.58. The molecule has 5 atom stereocenters. The summed E-state index contributed by atoms with van der Waals surface area (Å²) in [5.41, 5.74) is 7.23. The topological polar surface area (TPSA) is 217 Å². The van der Waals surface area contributed by atoms with E-state index >= 15 is 0 Å². The normalized spacial score (nSPS) is 17.7. The minimum atomic E-state index is -1.15. The van der Waals surface area contributed by atoms with Gasteiger partial charge in [0, 0.05) is 58.1 Å². The van der Waals surface area contributed by atoms with Crippen molar-refractivity contribution in [3.63, 3.8) is 0 Å². The fourth-order valence-electron chi connectivity index (χ4n) is 10.8. The molecule has 416 valence electrons. The Balaban J connectivity index is 0.731. The number of nitrogens with zero attached hydrogens (tertiary/aromatic N) is 7. The highest BCUT2D eigenvalue weighted by atomic mass is 32.1. The number of aryl methyl sites for hydroxylation is 2. The van der Waals surface area contributed by atoms with E-state index in [4.69, 9.17) is 0 Å². The molecule has 18 heteroatoms. The minimum absolute atomic E-state index is 0.0174. The quantitative estimate of drug-likeness (QED) is 0.0418. The number of nitrogens with one attached hydrogen (secondary N) is 3. The van der Waals surface area contributed by atoms with E-state index in [1.54, 1.807) is 23.1 Å². The van der Waals surface area contributed by atoms with Gasteiger partial charge in [0.15, 0.2) is 5.52 Å². The first-order valence-electron chi connectivity index (χ1n) is 27.6. The molecule has 17 nitrogen and oxygen atoms in total. The molecule has 0 radical (unpaired) electrons. The maximum atomic E-state index is 14.1. The summed E-state index contributed by atoms with van der Waals surface area (Å²) in [5.74, 6) is -0.762. The van der Waals surface area contributed by atoms with Crippen molar-refractivity contribution in [2.45, 2.75) is 155 Å². The zero-order valence-electron chi connectivity index (χ0n) is 46.3. The molecule has 5 N–H and O–H groups in total. The van der Waals surface area contributed by atoms with E-state index in [2.05, 4.69) is 50.1 Å². The zero-order chi connectivity index (χ0) is 55.7. The van der Waals surface area contributed by atoms with Gasteiger partial charge in [0.05, 0.1) is 52.4 Å². The third kappa shape index (κ3) is 14.2. The van der Waals surface area contributed by atoms with Gasteiger partial charge in [0.25, 0.3) is 5.56 Å². The van der Waals surface area contributed by atoms with Crippen molar-refractivity contribution < 1.29 is 29.4 Å². The van der Waals surface area contributed by atoms with Crippen LogP contribution in [0, 0.1) is 12.3 Å². The molecule has 2 aliphatic heterocycles. The fourth-order valence-corrected chi connectivity index (χ4v) is 11.6. The second-order valence-electron chi connectivity index (χ2n) is 22.7. The van der Waals surface area contributed by atoms with Crippen molar-refractivity contribution in [2.24, 2.45) is 12.5 Å². The van der Waals surface area contributed by atoms with Gasteiger partial charge in [-0.2, -0.15) is 5.10 Å². The van der Waals surface area contributed by atoms with E-state index in [0.717, 1.165) is 76.3 Å². The number of fused-ring (bicyclic) bond motifs is 1. The molecule has 8 rings (SSSR count). The summed E-state index contributed by atoms with van der Waals surface area (Å²) in [6, 6.07) is 24.0. The number of aromatic nitrogens is 5. The number of benzene rings is 3. The van der Waals surface area contributed by atoms with Crippen LogP contribution in [0.5, 0.6) is 0 Å². The van der Waals surface area contributed by atoms with Crippen molar-refractivity contribution in [1.29, 1.82) is 0 Å². The van der Waals surface area contributed by atoms with Gasteiger partial charge in [0.1, 0.15) is 17.6 Å². The highest BCUT2D eigenvalue weighted by molar-refractivity contribution is 7.13. The number of thiazole rings is 1. The Bertz CT molecular complexity index is 3070. The van der Waals surface area contributed by atoms with Gasteiger partial charge in [-0.1, -0.05) is 126 Å². The number of carbonyl (C=O) groups is 4. The predicted molar refractivity (Wildman–Crippen MR) is 304 cm³/mol. The molecule has 0 unspecified atom stereocenters. The molecule has 3 aromatic carbocycles. The second kappa shape index (κ2) is 25.5. The summed E-state index contributed by atoms with van der Waals surface area (Å²) in [6.07, 6.45) is 6.68. The van der Waals surface area contributed by atoms with Crippen LogP contribution in [0.15, 0.2) is 95.5 Å². The van der Waals surface area contributed by atoms with Crippen molar-refractivity contribution >= 4 is 46.0 Å². The molecule has 78 heavy (non-hydrogen) atoms. The fraction of sp³-hybridized carbons (Fsp3) is 0.500. The highest BCUT2D eigenvalue weighted by Crippen LogP contribution is 2.32. The minimum Gasteiger partial charge on any atom is -0.391 e. The highest BCUT2D eigenvalue weighted by Gasteiger charge is 2.45. The molecule has 5 heterocycles. The van der Waals surface area contributed by atoms with Gasteiger partial charge >= 0.3 is 0 Å². The van der Waals surface area contributed by atoms with Crippen LogP contribution in [0.4, 0.5) is 0 Å². The SMILES string of the molecule is Cc1ncsc1-c1ccc([C@H](C)NC(=O)[C@@H]2C[C@@H](O)CN2C(=O)[C@@H](NC(=O)CCCCCCCNCc2ccc(-c3c4ncn(CC5(O)CCN(C(=O)C[C@@H](C)c6ccccc6)CC5)c(=O)c4nn3C)cc2)C(C)(C)C)cc1. The van der Waals surface area contributed by atoms with E-state index in [0.29, 0.717) is 50.8 Å². The molecular formula is C60H78N10O7S. The van der Waals surface area contributed by atoms with Gasteiger partial charge in [-0.3, -0.25) is 33.2 Å². The monoisotopic (exact) mass is 1080 g/mol. The van der Waals surface area contributed by atoms with E-state index in [9.17, 15) is 34.2 Å². The Hall–Kier alpha value is -6.60. The lowest BCUT2D eigenvalue weighted by Gasteiger charge is -2.38. The second-order valence-corrected chi connectivity index (χ2v) is 23.6. The number of unbranched alkanes of at least 4 members (excludes halogenated alkanes) is 4. The Morgan fingerprint density at radius 3 is 2.21 bits per heavy atom. The van der Waals surface area contributed by atoms with Crippen molar-refractivity contribution in [3.8, 4) is 21.7 Å². The summed E-state index contributed by atoms with van der Waals surface area (Å²) in [6.45, 7) is 14.1. The summed E-state index contributed by atoms with van der Waals surface area (Å²) < 4.78 is 3.12. The summed E-state index contributed by atoms with van der Waals surface area (Å²) in [7, 11) is 1.80. The van der Waals surface area contributed by atoms with Crippen molar-refractivity contribution in [1.82, 2.24) is 50.1 Å². The molecule has 2 fully saturated rings. The Morgan fingerprint density at radius 1 is 0.846 bits per heavy atom. The molecule has 0 spiro atoms. The first-order valence-corrected chi connectivity index (χ1v) is 28.5. The van der Waals surface area contributed by atoms with E-state index < -0.39 is 29.2 Å². The van der Waals surface area contributed by atoms with Crippen LogP contribution in [0.25, 0.3) is 32.7 Å². The van der Waals surface area contributed by atoms with Crippen LogP contribution in [0.1, 0.15) is 133 Å². The zero-order valence-corrected chi connectivity index (χ0v) is 47.2. The van der Waals surface area contributed by atoms with Crippen LogP contribution >= 0.6 is 11.3 Å². The van der Waals surface area contributed by atoms with Crippen molar-refractivity contribution in [2.75, 3.05) is 26.2 Å². The number of amides is 4. The maximum Gasteiger partial charge on any atom is 0.281 e. The van der Waals surface area contributed by atoms with Gasteiger partial charge in [-0.25, -0.2) is 9.97 Å². The molecule has 4 amide bonds. The molecule has 6 aromatic rings. The van der Waals surface area contributed by atoms with E-state index in [1.165, 1.54) is 15.8 Å². The number of rotatable bonds is 22. The molecule has 0 saturated carbocycles. The number of piperidine rings is 1. The molecule has 0 bridgehead atoms. The number of aliphatic hydroxyl groups excluding tert-OH is 1. The molecule has 3 aromatic heterocycles. The average Bonchev–Trinajstić information content (AvgIpc) is 4.20. The number of β-amino-alcohol motifs (C(OH)–C–C–N with tert-alkyl or cyclic N) is 1. The molecule has 2 saturated heterocycles. The first kappa shape index (κ1) is 57.6. The van der Waals surface area contributed by atoms with E-state index in [1.807, 2.05) is 112 Å². The number of aliphatic hydroxyl groups is 2. The Morgan fingerprint density at radius 2 is 1.53 bits per heavy atom. The third-order valence-electron chi connectivity index (χ3n) is 15.5. The standard InChI is InChI=1S/C60H78N10O7S/c1-39(43-16-12-11-13-17-43)32-50(73)68-30-27-60(77,28-31-68)36-69-37-62-51-52(57(69)75)66-67(7)53(51)45-21-19-42(20-22-45)34-61-29-15-10-8-9-14-18-49(72)65-55(59(4,5)6)58(76)70-35-47(71)33-48(70)56(74)64-40(2)44-23-25-46(26-24-44)54-41(3)63-38-78-54/h11-13,16-17,19-26,37-40,47-48,55,61,71,77H,8-10,14-15,18,27-36H2,1-7H3,(H,64,74)(H,65,72)/t39-,40+,47-,48+,55-/m1/s1. The predicted octanol–water partition coefficient (Wildman–Crippen LogP) is 7.58. The van der Waals surface area contributed by atoms with Crippen LogP contribution in [0.2, 0.25) is 0 Å². The average molecular weight is 1080 g/mol. The lowest BCUT2D eigenvalue weighted by Crippen LogP contribution is -2.57. The molecular weight excluding hydrogens is 1000 g/mol. The van der Waals surface area contributed by atoms with Gasteiger partial charge in [-0.05, 0) is 79.7 Å². The number of carbonyl (C=O) groups excluding carboxylic acids is 4. The lowest BCUT2D eigenvalue weighted by molar-refractivity contribution is -0.144. The Kier molecular flexibility index (Phi) is 18.8. The van der Waals surface area contributed by atoms with Crippen LogP contribution in [0.3, 0.4) is 0 Å². The lowest BCUT2D eigenvalue weighted by atomic mass is 9.85. The van der Waals surface area contributed by atoms with Crippen LogP contribution in [-0.2, 0) is 39.3 Å². The molecule has 2 aliphatic rings. The number of hydrogen-bond donors (Lipinski definition) is 5. The summed E-state index contributed by atoms with van der Waals surface area (Å²) in [5, 5.41) is 36.4. The molecule has 0 aliphatic carbocycles. The Labute approximate surface area is 461 Å². The number of hydrogen-bond acceptors (Lipinski definition) is 12. The maximum absolute atomic E-state index is 14.1. The number of likely N-dealkylation sites (tertiary alicyclic amines) is 2. The first-order chi connectivity index (χ1) is 37.3. The van der Waals surface area contributed by atoms with Crippen LogP contribution < -0.4 is 21.5 Å². The smallest absolute Gasteiger partial charge is 0.281 e.